The van der Waals surface area contributed by atoms with Gasteiger partial charge in [-0.3, -0.25) is 14.4 Å². The maximum atomic E-state index is 13.9. The first-order chi connectivity index (χ1) is 17.0. The van der Waals surface area contributed by atoms with Gasteiger partial charge < -0.3 is 20.9 Å². The topological polar surface area (TPSA) is 90.5 Å². The molecule has 0 bridgehead atoms. The van der Waals surface area contributed by atoms with Gasteiger partial charge in [0.2, 0.25) is 11.8 Å². The minimum atomic E-state index is -0.641. The smallest absolute Gasteiger partial charge is 0.252 e. The van der Waals surface area contributed by atoms with Crippen molar-refractivity contribution in [2.24, 2.45) is 11.3 Å². The van der Waals surface area contributed by atoms with Gasteiger partial charge in [-0.05, 0) is 73.9 Å². The van der Waals surface area contributed by atoms with E-state index in [1.807, 2.05) is 62.1 Å². The highest BCUT2D eigenvalue weighted by Gasteiger charge is 2.49. The molecule has 0 radical (unpaired) electrons. The Morgan fingerprint density at radius 2 is 1.69 bits per heavy atom. The first-order valence-corrected chi connectivity index (χ1v) is 13.1. The molecule has 1 saturated carbocycles. The van der Waals surface area contributed by atoms with E-state index in [0.717, 1.165) is 35.6 Å². The lowest BCUT2D eigenvalue weighted by molar-refractivity contribution is -0.141. The minimum Gasteiger partial charge on any atom is -0.347 e. The molecule has 2 fully saturated rings. The Morgan fingerprint density at radius 1 is 1.00 bits per heavy atom. The summed E-state index contributed by atoms with van der Waals surface area (Å²) in [5.41, 5.74) is 1.35. The van der Waals surface area contributed by atoms with Gasteiger partial charge in [-0.15, -0.1) is 0 Å². The lowest BCUT2D eigenvalue weighted by atomic mass is 9.85. The van der Waals surface area contributed by atoms with Crippen LogP contribution in [0.2, 0.25) is 0 Å². The molecule has 1 heterocycles. The second kappa shape index (κ2) is 10.2. The molecule has 1 aliphatic carbocycles. The van der Waals surface area contributed by atoms with Gasteiger partial charge in [0, 0.05) is 18.2 Å². The first kappa shape index (κ1) is 26.1. The van der Waals surface area contributed by atoms with E-state index in [0.29, 0.717) is 18.0 Å². The molecule has 194 valence electrons. The Kier molecular flexibility index (Phi) is 7.41. The Labute approximate surface area is 214 Å². The first-order valence-electron chi connectivity index (χ1n) is 13.1. The van der Waals surface area contributed by atoms with E-state index in [-0.39, 0.29) is 29.8 Å². The Balaban J connectivity index is 1.55. The number of likely N-dealkylation sites (tertiary alicyclic amines) is 1. The van der Waals surface area contributed by atoms with Crippen molar-refractivity contribution in [2.75, 3.05) is 13.6 Å². The van der Waals surface area contributed by atoms with Gasteiger partial charge in [-0.25, -0.2) is 0 Å². The number of carbonyl (C=O) groups is 3. The van der Waals surface area contributed by atoms with Crippen molar-refractivity contribution in [1.82, 2.24) is 20.9 Å². The van der Waals surface area contributed by atoms with Crippen LogP contribution in [0.25, 0.3) is 10.8 Å². The van der Waals surface area contributed by atoms with Crippen LogP contribution in [0.5, 0.6) is 0 Å². The molecule has 0 spiro atoms. The lowest BCUT2D eigenvalue weighted by Crippen LogP contribution is -2.60. The van der Waals surface area contributed by atoms with E-state index in [9.17, 15) is 14.4 Å². The van der Waals surface area contributed by atoms with Gasteiger partial charge in [-0.1, -0.05) is 51.1 Å². The van der Waals surface area contributed by atoms with Gasteiger partial charge >= 0.3 is 0 Å². The average molecular weight is 493 g/mol. The number of fused-ring (bicyclic) bond motifs is 2. The third-order valence-corrected chi connectivity index (χ3v) is 8.06. The SMILES string of the molecule is CN[C@@H](C)C(=O)NC(C(=O)N1CC[C@H]2CCC(NC(=O)c3ccc(C)c4ccccc34)[C@H]21)C(C)(C)C. The van der Waals surface area contributed by atoms with Gasteiger partial charge in [0.15, 0.2) is 0 Å². The quantitative estimate of drug-likeness (QED) is 0.577. The molecule has 0 aromatic heterocycles. The number of nitrogens with zero attached hydrogens (tertiary/aromatic N) is 1. The summed E-state index contributed by atoms with van der Waals surface area (Å²) in [6.45, 7) is 10.4. The van der Waals surface area contributed by atoms with Crippen molar-refractivity contribution in [3.8, 4) is 0 Å². The van der Waals surface area contributed by atoms with Crippen molar-refractivity contribution in [1.29, 1.82) is 0 Å². The molecule has 1 aliphatic heterocycles. The molecule has 7 nitrogen and oxygen atoms in total. The molecule has 36 heavy (non-hydrogen) atoms. The van der Waals surface area contributed by atoms with Crippen molar-refractivity contribution in [3.05, 3.63) is 47.5 Å². The van der Waals surface area contributed by atoms with E-state index in [4.69, 9.17) is 0 Å². The number of nitrogens with one attached hydrogen (secondary N) is 3. The largest absolute Gasteiger partial charge is 0.347 e. The zero-order valence-electron chi connectivity index (χ0n) is 22.4. The highest BCUT2D eigenvalue weighted by atomic mass is 16.2. The van der Waals surface area contributed by atoms with E-state index in [1.54, 1.807) is 14.0 Å². The predicted octanol–water partition coefficient (Wildman–Crippen LogP) is 3.40. The normalized spacial score (nSPS) is 23.3. The average Bonchev–Trinajstić information content (AvgIpc) is 3.44. The number of hydrogen-bond acceptors (Lipinski definition) is 4. The van der Waals surface area contributed by atoms with Crippen LogP contribution in [0.4, 0.5) is 0 Å². The zero-order valence-corrected chi connectivity index (χ0v) is 22.4. The lowest BCUT2D eigenvalue weighted by Gasteiger charge is -2.38. The third-order valence-electron chi connectivity index (χ3n) is 8.06. The maximum Gasteiger partial charge on any atom is 0.252 e. The number of benzene rings is 2. The van der Waals surface area contributed by atoms with Crippen LogP contribution >= 0.6 is 0 Å². The fourth-order valence-electron chi connectivity index (χ4n) is 5.83. The van der Waals surface area contributed by atoms with Gasteiger partial charge in [-0.2, -0.15) is 0 Å². The molecule has 3 N–H and O–H groups in total. The number of rotatable bonds is 6. The number of likely N-dealkylation sites (N-methyl/N-ethyl adjacent to an activating group) is 1. The summed E-state index contributed by atoms with van der Waals surface area (Å²) in [6.07, 6.45) is 2.75. The summed E-state index contributed by atoms with van der Waals surface area (Å²) >= 11 is 0. The zero-order chi connectivity index (χ0) is 26.2. The molecule has 1 saturated heterocycles. The molecule has 2 aromatic carbocycles. The van der Waals surface area contributed by atoms with E-state index < -0.39 is 17.5 Å². The number of amides is 3. The number of carbonyl (C=O) groups excluding carboxylic acids is 3. The highest BCUT2D eigenvalue weighted by Crippen LogP contribution is 2.39. The molecule has 5 atom stereocenters. The van der Waals surface area contributed by atoms with Crippen LogP contribution in [0.15, 0.2) is 36.4 Å². The fraction of sp³-hybridized carbons (Fsp3) is 0.552. The van der Waals surface area contributed by atoms with E-state index >= 15 is 0 Å². The summed E-state index contributed by atoms with van der Waals surface area (Å²) in [5.74, 6) is 0.0128. The van der Waals surface area contributed by atoms with Crippen LogP contribution < -0.4 is 16.0 Å². The Morgan fingerprint density at radius 3 is 2.36 bits per heavy atom. The van der Waals surface area contributed by atoms with Crippen LogP contribution in [0.3, 0.4) is 0 Å². The Hall–Kier alpha value is -2.93. The second-order valence-electron chi connectivity index (χ2n) is 11.5. The van der Waals surface area contributed by atoms with E-state index in [2.05, 4.69) is 22.9 Å². The van der Waals surface area contributed by atoms with Gasteiger partial charge in [0.25, 0.3) is 5.91 Å². The van der Waals surface area contributed by atoms with Crippen molar-refractivity contribution >= 4 is 28.5 Å². The number of hydrogen-bond donors (Lipinski definition) is 3. The van der Waals surface area contributed by atoms with Crippen LogP contribution in [0.1, 0.15) is 62.9 Å². The Bertz CT molecular complexity index is 1150. The molecule has 2 unspecified atom stereocenters. The fourth-order valence-corrected chi connectivity index (χ4v) is 5.83. The molecule has 4 rings (SSSR count). The third kappa shape index (κ3) is 4.99. The van der Waals surface area contributed by atoms with Crippen LogP contribution in [-0.4, -0.2) is 60.4 Å². The van der Waals surface area contributed by atoms with Gasteiger partial charge in [0.05, 0.1) is 12.1 Å². The van der Waals surface area contributed by atoms with Crippen molar-refractivity contribution < 1.29 is 14.4 Å². The molecule has 2 aromatic rings. The van der Waals surface area contributed by atoms with Crippen molar-refractivity contribution in [2.45, 2.75) is 78.0 Å². The van der Waals surface area contributed by atoms with Crippen LogP contribution in [-0.2, 0) is 9.59 Å². The molecular formula is C29H40N4O3. The molecular weight excluding hydrogens is 452 g/mol. The molecule has 3 amide bonds. The molecule has 2 aliphatic rings. The van der Waals surface area contributed by atoms with Crippen LogP contribution in [0, 0.1) is 18.3 Å². The summed E-state index contributed by atoms with van der Waals surface area (Å²) in [5, 5.41) is 11.2. The predicted molar refractivity (Wildman–Crippen MR) is 143 cm³/mol. The van der Waals surface area contributed by atoms with E-state index in [1.165, 1.54) is 0 Å². The van der Waals surface area contributed by atoms with Gasteiger partial charge in [0.1, 0.15) is 6.04 Å². The summed E-state index contributed by atoms with van der Waals surface area (Å²) in [6, 6.07) is 10.7. The highest BCUT2D eigenvalue weighted by molar-refractivity contribution is 6.08. The standard InChI is InChI=1S/C29H40N4O3/c1-17-11-13-22(21-10-8-7-9-20(17)21)27(35)31-23-14-12-19-15-16-33(24(19)23)28(36)25(29(3,4)5)32-26(34)18(2)30-6/h7-11,13,18-19,23-25,30H,12,14-16H2,1-6H3,(H,31,35)(H,32,34)/t18-,19+,23?,24-,25?/m0/s1. The molecule has 7 heteroatoms. The summed E-state index contributed by atoms with van der Waals surface area (Å²) in [7, 11) is 1.73. The summed E-state index contributed by atoms with van der Waals surface area (Å²) in [4.78, 5) is 41.9. The summed E-state index contributed by atoms with van der Waals surface area (Å²) < 4.78 is 0. The second-order valence-corrected chi connectivity index (χ2v) is 11.5. The number of aryl methyl sites for hydroxylation is 1. The van der Waals surface area contributed by atoms with Crippen molar-refractivity contribution in [3.63, 3.8) is 0 Å². The monoisotopic (exact) mass is 492 g/mol. The maximum absolute atomic E-state index is 13.9. The minimum absolute atomic E-state index is 0.0540.